The summed E-state index contributed by atoms with van der Waals surface area (Å²) >= 11 is 0. The number of nitrogens with zero attached hydrogens (tertiary/aromatic N) is 2. The van der Waals surface area contributed by atoms with E-state index in [0.717, 1.165) is 23.1 Å². The van der Waals surface area contributed by atoms with Crippen LogP contribution in [0, 0.1) is 5.92 Å². The average molecular weight is 269 g/mol. The minimum atomic E-state index is 0.0440. The van der Waals surface area contributed by atoms with E-state index in [9.17, 15) is 4.79 Å². The molecule has 0 radical (unpaired) electrons. The number of anilines is 1. The van der Waals surface area contributed by atoms with E-state index in [1.807, 2.05) is 24.3 Å². The van der Waals surface area contributed by atoms with Crippen LogP contribution in [0.2, 0.25) is 0 Å². The molecule has 1 aliphatic rings. The SMILES string of the molecule is O=C(CCC1CCCC1)Nc1nncc2ccccc12. The Morgan fingerprint density at radius 2 is 2.05 bits per heavy atom. The third-order valence-electron chi connectivity index (χ3n) is 4.08. The van der Waals surface area contributed by atoms with Crippen molar-refractivity contribution < 1.29 is 4.79 Å². The molecule has 1 aromatic carbocycles. The van der Waals surface area contributed by atoms with Crippen LogP contribution in [0.5, 0.6) is 0 Å². The molecule has 20 heavy (non-hydrogen) atoms. The second-order valence-corrected chi connectivity index (χ2v) is 5.52. The highest BCUT2D eigenvalue weighted by molar-refractivity contribution is 5.99. The maximum absolute atomic E-state index is 12.0. The van der Waals surface area contributed by atoms with Crippen LogP contribution in [0.15, 0.2) is 30.5 Å². The highest BCUT2D eigenvalue weighted by atomic mass is 16.1. The first-order chi connectivity index (χ1) is 9.83. The van der Waals surface area contributed by atoms with E-state index in [0.29, 0.717) is 12.2 Å². The van der Waals surface area contributed by atoms with Crippen molar-refractivity contribution in [3.05, 3.63) is 30.5 Å². The molecule has 1 amide bonds. The minimum absolute atomic E-state index is 0.0440. The fourth-order valence-corrected chi connectivity index (χ4v) is 2.95. The molecule has 0 spiro atoms. The monoisotopic (exact) mass is 269 g/mol. The molecule has 0 saturated heterocycles. The molecular formula is C16H19N3O. The molecule has 2 aromatic rings. The lowest BCUT2D eigenvalue weighted by Crippen LogP contribution is -2.14. The van der Waals surface area contributed by atoms with Gasteiger partial charge in [0.25, 0.3) is 0 Å². The van der Waals surface area contributed by atoms with Crippen molar-refractivity contribution in [3.63, 3.8) is 0 Å². The van der Waals surface area contributed by atoms with Crippen LogP contribution in [0.3, 0.4) is 0 Å². The van der Waals surface area contributed by atoms with Gasteiger partial charge in [-0.25, -0.2) is 0 Å². The maximum Gasteiger partial charge on any atom is 0.225 e. The van der Waals surface area contributed by atoms with Gasteiger partial charge in [0.05, 0.1) is 6.20 Å². The molecule has 1 aliphatic carbocycles. The number of amides is 1. The molecule has 0 aliphatic heterocycles. The lowest BCUT2D eigenvalue weighted by molar-refractivity contribution is -0.116. The first kappa shape index (κ1) is 13.0. The number of hydrogen-bond acceptors (Lipinski definition) is 3. The highest BCUT2D eigenvalue weighted by Crippen LogP contribution is 2.28. The summed E-state index contributed by atoms with van der Waals surface area (Å²) in [7, 11) is 0. The van der Waals surface area contributed by atoms with E-state index in [1.54, 1.807) is 6.20 Å². The number of benzene rings is 1. The summed E-state index contributed by atoms with van der Waals surface area (Å²) in [6, 6.07) is 7.82. The summed E-state index contributed by atoms with van der Waals surface area (Å²) in [4.78, 5) is 12.0. The lowest BCUT2D eigenvalue weighted by atomic mass is 10.0. The lowest BCUT2D eigenvalue weighted by Gasteiger charge is -2.09. The summed E-state index contributed by atoms with van der Waals surface area (Å²) in [5.74, 6) is 1.35. The Bertz CT molecular complexity index is 600. The van der Waals surface area contributed by atoms with Crippen LogP contribution in [-0.4, -0.2) is 16.1 Å². The molecule has 1 N–H and O–H groups in total. The second kappa shape index (κ2) is 5.99. The summed E-state index contributed by atoms with van der Waals surface area (Å²) < 4.78 is 0. The standard InChI is InChI=1S/C16H19N3O/c20-15(10-9-12-5-1-2-6-12)18-16-14-8-4-3-7-13(14)11-17-19-16/h3-4,7-8,11-12H,1-2,5-6,9-10H2,(H,18,19,20). The molecule has 1 heterocycles. The normalized spacial score (nSPS) is 15.6. The van der Waals surface area contributed by atoms with Crippen molar-refractivity contribution in [1.29, 1.82) is 0 Å². The predicted octanol–water partition coefficient (Wildman–Crippen LogP) is 3.54. The molecule has 0 bridgehead atoms. The van der Waals surface area contributed by atoms with Crippen LogP contribution in [-0.2, 0) is 4.79 Å². The fourth-order valence-electron chi connectivity index (χ4n) is 2.95. The van der Waals surface area contributed by atoms with Gasteiger partial charge < -0.3 is 5.32 Å². The number of aromatic nitrogens is 2. The molecule has 0 atom stereocenters. The predicted molar refractivity (Wildman–Crippen MR) is 79.4 cm³/mol. The van der Waals surface area contributed by atoms with Gasteiger partial charge in [0.1, 0.15) is 0 Å². The van der Waals surface area contributed by atoms with Crippen LogP contribution in [0.4, 0.5) is 5.82 Å². The number of carbonyl (C=O) groups excluding carboxylic acids is 1. The van der Waals surface area contributed by atoms with Gasteiger partial charge in [0.15, 0.2) is 5.82 Å². The van der Waals surface area contributed by atoms with E-state index in [2.05, 4.69) is 15.5 Å². The van der Waals surface area contributed by atoms with E-state index in [4.69, 9.17) is 0 Å². The summed E-state index contributed by atoms with van der Waals surface area (Å²) in [6.07, 6.45) is 8.48. The zero-order valence-electron chi connectivity index (χ0n) is 11.5. The molecular weight excluding hydrogens is 250 g/mol. The van der Waals surface area contributed by atoms with Gasteiger partial charge in [-0.2, -0.15) is 5.10 Å². The summed E-state index contributed by atoms with van der Waals surface area (Å²) in [6.45, 7) is 0. The minimum Gasteiger partial charge on any atom is -0.309 e. The molecule has 1 fully saturated rings. The first-order valence-electron chi connectivity index (χ1n) is 7.33. The third-order valence-corrected chi connectivity index (χ3v) is 4.08. The Kier molecular flexibility index (Phi) is 3.90. The quantitative estimate of drug-likeness (QED) is 0.923. The van der Waals surface area contributed by atoms with E-state index >= 15 is 0 Å². The second-order valence-electron chi connectivity index (χ2n) is 5.52. The summed E-state index contributed by atoms with van der Waals surface area (Å²) in [5.41, 5.74) is 0. The summed E-state index contributed by atoms with van der Waals surface area (Å²) in [5, 5.41) is 12.8. The smallest absolute Gasteiger partial charge is 0.225 e. The number of fused-ring (bicyclic) bond motifs is 1. The Labute approximate surface area is 118 Å². The van der Waals surface area contributed by atoms with Crippen LogP contribution < -0.4 is 5.32 Å². The van der Waals surface area contributed by atoms with Crippen molar-refractivity contribution in [3.8, 4) is 0 Å². The van der Waals surface area contributed by atoms with Crippen molar-refractivity contribution in [2.75, 3.05) is 5.32 Å². The van der Waals surface area contributed by atoms with Crippen molar-refractivity contribution in [2.24, 2.45) is 5.92 Å². The third kappa shape index (κ3) is 2.95. The van der Waals surface area contributed by atoms with E-state index in [1.165, 1.54) is 25.7 Å². The van der Waals surface area contributed by atoms with Gasteiger partial charge in [-0.05, 0) is 12.3 Å². The van der Waals surface area contributed by atoms with Crippen molar-refractivity contribution in [2.45, 2.75) is 38.5 Å². The number of carbonyl (C=O) groups is 1. The van der Waals surface area contributed by atoms with Gasteiger partial charge >= 0.3 is 0 Å². The van der Waals surface area contributed by atoms with E-state index < -0.39 is 0 Å². The topological polar surface area (TPSA) is 54.9 Å². The van der Waals surface area contributed by atoms with Crippen LogP contribution >= 0.6 is 0 Å². The Morgan fingerprint density at radius 1 is 1.25 bits per heavy atom. The molecule has 4 nitrogen and oxygen atoms in total. The largest absolute Gasteiger partial charge is 0.309 e. The molecule has 0 unspecified atom stereocenters. The van der Waals surface area contributed by atoms with Crippen LogP contribution in [0.25, 0.3) is 10.8 Å². The Hall–Kier alpha value is -1.97. The highest BCUT2D eigenvalue weighted by Gasteiger charge is 2.16. The number of hydrogen-bond donors (Lipinski definition) is 1. The fraction of sp³-hybridized carbons (Fsp3) is 0.438. The van der Waals surface area contributed by atoms with Crippen molar-refractivity contribution >= 4 is 22.5 Å². The van der Waals surface area contributed by atoms with Gasteiger partial charge in [0.2, 0.25) is 5.91 Å². The molecule has 104 valence electrons. The van der Waals surface area contributed by atoms with Gasteiger partial charge in [-0.15, -0.1) is 5.10 Å². The number of rotatable bonds is 4. The maximum atomic E-state index is 12.0. The number of nitrogens with one attached hydrogen (secondary N) is 1. The van der Waals surface area contributed by atoms with Gasteiger partial charge in [-0.1, -0.05) is 49.9 Å². The van der Waals surface area contributed by atoms with Crippen LogP contribution in [0.1, 0.15) is 38.5 Å². The van der Waals surface area contributed by atoms with Gasteiger partial charge in [-0.3, -0.25) is 4.79 Å². The molecule has 3 rings (SSSR count). The Morgan fingerprint density at radius 3 is 2.90 bits per heavy atom. The molecule has 4 heteroatoms. The van der Waals surface area contributed by atoms with Gasteiger partial charge in [0, 0.05) is 17.2 Å². The average Bonchev–Trinajstić information content (AvgIpc) is 2.99. The zero-order valence-corrected chi connectivity index (χ0v) is 11.5. The Balaban J connectivity index is 1.65. The zero-order chi connectivity index (χ0) is 13.8. The first-order valence-corrected chi connectivity index (χ1v) is 7.33. The van der Waals surface area contributed by atoms with Crippen molar-refractivity contribution in [1.82, 2.24) is 10.2 Å². The van der Waals surface area contributed by atoms with E-state index in [-0.39, 0.29) is 5.91 Å². The molecule has 1 aromatic heterocycles. The molecule has 1 saturated carbocycles.